The number of fused-ring (bicyclic) bond motifs is 2. The highest BCUT2D eigenvalue weighted by atomic mass is 19.1. The SMILES string of the molecule is CNC(=O)Nc1ccc(-c2ccc3c(c(C(=O)Nc4cccc(C(=O)NC)c4)nn3C)c2F)c(C#C[C@H](C)C2CCCN(CCc3ccc4c(c3)n(C)c(=O)n4C3CCC(=O)NC3=O)C2)c1. The lowest BCUT2D eigenvalue weighted by atomic mass is 9.86. The molecule has 2 unspecified atom stereocenters. The number of urea groups is 1. The van der Waals surface area contributed by atoms with E-state index in [-0.39, 0.29) is 58.8 Å². The molecular formula is C49H51FN10O6. The van der Waals surface area contributed by atoms with E-state index in [1.165, 1.54) is 29.4 Å². The van der Waals surface area contributed by atoms with Gasteiger partial charge in [-0.15, -0.1) is 0 Å². The van der Waals surface area contributed by atoms with Crippen molar-refractivity contribution in [2.24, 2.45) is 25.9 Å². The monoisotopic (exact) mass is 894 g/mol. The smallest absolute Gasteiger partial charge is 0.329 e. The first kappa shape index (κ1) is 45.0. The molecule has 4 heterocycles. The number of aromatic nitrogens is 4. The highest BCUT2D eigenvalue weighted by Crippen LogP contribution is 2.35. The molecule has 0 spiro atoms. The second-order valence-electron chi connectivity index (χ2n) is 16.9. The molecule has 2 aliphatic rings. The van der Waals surface area contributed by atoms with Gasteiger partial charge < -0.3 is 26.2 Å². The van der Waals surface area contributed by atoms with E-state index in [0.717, 1.165) is 50.0 Å². The van der Waals surface area contributed by atoms with Gasteiger partial charge in [0.25, 0.3) is 11.8 Å². The van der Waals surface area contributed by atoms with Gasteiger partial charge in [0, 0.05) is 87.2 Å². The molecule has 2 aliphatic heterocycles. The maximum Gasteiger partial charge on any atom is 0.329 e. The molecule has 6 amide bonds. The van der Waals surface area contributed by atoms with E-state index in [1.54, 1.807) is 67.2 Å². The van der Waals surface area contributed by atoms with Crippen molar-refractivity contribution in [2.75, 3.05) is 44.4 Å². The number of likely N-dealkylation sites (tertiary alicyclic amines) is 1. The summed E-state index contributed by atoms with van der Waals surface area (Å²) in [7, 11) is 6.34. The molecule has 2 aromatic heterocycles. The molecule has 340 valence electrons. The molecule has 8 rings (SSSR count). The van der Waals surface area contributed by atoms with Crippen molar-refractivity contribution >= 4 is 63.0 Å². The lowest BCUT2D eigenvalue weighted by Gasteiger charge is -2.34. The Labute approximate surface area is 379 Å². The highest BCUT2D eigenvalue weighted by Gasteiger charge is 2.32. The molecular weight excluding hydrogens is 844 g/mol. The Balaban J connectivity index is 1.02. The van der Waals surface area contributed by atoms with E-state index in [2.05, 4.69) is 55.3 Å². The van der Waals surface area contributed by atoms with Crippen LogP contribution in [0.25, 0.3) is 33.1 Å². The largest absolute Gasteiger partial charge is 0.355 e. The maximum atomic E-state index is 17.0. The third-order valence-corrected chi connectivity index (χ3v) is 12.7. The molecule has 0 radical (unpaired) electrons. The quantitative estimate of drug-likeness (QED) is 0.0902. The van der Waals surface area contributed by atoms with Crippen molar-refractivity contribution in [3.63, 3.8) is 0 Å². The van der Waals surface area contributed by atoms with E-state index in [0.29, 0.717) is 39.1 Å². The Bertz CT molecular complexity index is 3070. The van der Waals surface area contributed by atoms with Crippen molar-refractivity contribution in [3.8, 4) is 23.0 Å². The predicted octanol–water partition coefficient (Wildman–Crippen LogP) is 5.32. The standard InChI is InChI=1S/C49H51FN10O6/c1-28(32-9-7-22-59(27-32)23-21-29-12-17-37-40(24-29)57(4)49(66)60(37)39-19-20-41(61)55-46(39)63)11-13-30-25-34(54-48(65)52-3)14-15-35(30)36-16-18-38-42(43(36)50)44(56-58(38)5)47(64)53-33-10-6-8-31(26-33)45(62)51-2/h6,8,10,12,14-18,24-26,28,32,39H,7,9,19-23,27H2,1-5H3,(H,51,62)(H,53,64)(H2,52,54,65)(H,55,61,63)/t28-,32?,39?/m0/s1. The summed E-state index contributed by atoms with van der Waals surface area (Å²) in [4.78, 5) is 78.4. The second kappa shape index (κ2) is 18.9. The number of carbonyl (C=O) groups is 5. The summed E-state index contributed by atoms with van der Waals surface area (Å²) in [5, 5.41) is 17.4. The predicted molar refractivity (Wildman–Crippen MR) is 249 cm³/mol. The number of nitrogens with zero attached hydrogens (tertiary/aromatic N) is 5. The molecule has 3 atom stereocenters. The fourth-order valence-corrected chi connectivity index (χ4v) is 9.00. The third-order valence-electron chi connectivity index (χ3n) is 12.7. The Morgan fingerprint density at radius 2 is 1.65 bits per heavy atom. The Morgan fingerprint density at radius 1 is 0.879 bits per heavy atom. The first-order valence-electron chi connectivity index (χ1n) is 21.9. The molecule has 5 N–H and O–H groups in total. The van der Waals surface area contributed by atoms with E-state index < -0.39 is 29.7 Å². The second-order valence-corrected chi connectivity index (χ2v) is 16.9. The van der Waals surface area contributed by atoms with Crippen molar-refractivity contribution in [3.05, 3.63) is 111 Å². The van der Waals surface area contributed by atoms with Gasteiger partial charge in [0.1, 0.15) is 11.9 Å². The topological polar surface area (TPSA) is 193 Å². The number of hydrogen-bond acceptors (Lipinski definition) is 8. The van der Waals surface area contributed by atoms with Crippen LogP contribution >= 0.6 is 0 Å². The minimum absolute atomic E-state index is 0.0201. The number of piperidine rings is 2. The van der Waals surface area contributed by atoms with E-state index in [9.17, 15) is 28.8 Å². The van der Waals surface area contributed by atoms with Crippen LogP contribution in [-0.2, 0) is 30.1 Å². The normalized spacial score (nSPS) is 16.9. The number of halogens is 1. The number of benzene rings is 4. The van der Waals surface area contributed by atoms with Gasteiger partial charge in [-0.05, 0) is 98.3 Å². The summed E-state index contributed by atoms with van der Waals surface area (Å²) in [6.45, 7) is 4.63. The van der Waals surface area contributed by atoms with Gasteiger partial charge in [0.15, 0.2) is 5.69 Å². The van der Waals surface area contributed by atoms with Gasteiger partial charge in [-0.3, -0.25) is 38.3 Å². The number of carbonyl (C=O) groups excluding carboxylic acids is 5. The third kappa shape index (κ3) is 9.04. The highest BCUT2D eigenvalue weighted by molar-refractivity contribution is 6.12. The van der Waals surface area contributed by atoms with Crippen LogP contribution in [0.15, 0.2) is 77.6 Å². The molecule has 4 aromatic carbocycles. The first-order valence-corrected chi connectivity index (χ1v) is 21.9. The van der Waals surface area contributed by atoms with Crippen LogP contribution < -0.4 is 32.3 Å². The number of nitrogens with one attached hydrogen (secondary N) is 5. The number of anilines is 2. The zero-order chi connectivity index (χ0) is 46.8. The van der Waals surface area contributed by atoms with Gasteiger partial charge in [-0.2, -0.15) is 5.10 Å². The fraction of sp³-hybridized carbons (Fsp3) is 0.327. The molecule has 0 saturated carbocycles. The molecule has 16 nitrogen and oxygen atoms in total. The summed E-state index contributed by atoms with van der Waals surface area (Å²) < 4.78 is 21.5. The number of rotatable bonds is 10. The van der Waals surface area contributed by atoms with Crippen molar-refractivity contribution in [1.29, 1.82) is 0 Å². The van der Waals surface area contributed by atoms with Gasteiger partial charge in [-0.1, -0.05) is 37.0 Å². The number of hydrogen-bond donors (Lipinski definition) is 5. The van der Waals surface area contributed by atoms with Gasteiger partial charge in [0.05, 0.1) is 21.9 Å². The maximum absolute atomic E-state index is 17.0. The van der Waals surface area contributed by atoms with E-state index >= 15 is 4.39 Å². The van der Waals surface area contributed by atoms with E-state index in [4.69, 9.17) is 0 Å². The molecule has 0 aliphatic carbocycles. The first-order chi connectivity index (χ1) is 31.7. The van der Waals surface area contributed by atoms with Crippen LogP contribution in [0.2, 0.25) is 0 Å². The van der Waals surface area contributed by atoms with Crippen molar-refractivity contribution < 1.29 is 28.4 Å². The summed E-state index contributed by atoms with van der Waals surface area (Å²) in [5.74, 6) is 4.55. The van der Waals surface area contributed by atoms with Crippen molar-refractivity contribution in [1.82, 2.24) is 39.8 Å². The zero-order valence-electron chi connectivity index (χ0n) is 37.4. The zero-order valence-corrected chi connectivity index (χ0v) is 37.4. The van der Waals surface area contributed by atoms with Crippen LogP contribution in [0.5, 0.6) is 0 Å². The molecule has 2 saturated heterocycles. The summed E-state index contributed by atoms with van der Waals surface area (Å²) in [6.07, 6.45) is 3.17. The average Bonchev–Trinajstić information content (AvgIpc) is 3.79. The van der Waals surface area contributed by atoms with Crippen LogP contribution in [0.3, 0.4) is 0 Å². The Morgan fingerprint density at radius 3 is 2.42 bits per heavy atom. The van der Waals surface area contributed by atoms with Crippen LogP contribution in [0.1, 0.15) is 70.6 Å². The molecule has 66 heavy (non-hydrogen) atoms. The molecule has 0 bridgehead atoms. The van der Waals surface area contributed by atoms with Gasteiger partial charge in [-0.25, -0.2) is 14.0 Å². The molecule has 6 aromatic rings. The minimum atomic E-state index is -0.741. The number of amides is 6. The summed E-state index contributed by atoms with van der Waals surface area (Å²) in [6, 6.07) is 19.5. The van der Waals surface area contributed by atoms with Crippen LogP contribution in [0, 0.1) is 29.5 Å². The lowest BCUT2D eigenvalue weighted by Crippen LogP contribution is -2.44. The Hall–Kier alpha value is -7.58. The number of aryl methyl sites for hydroxylation is 2. The lowest BCUT2D eigenvalue weighted by molar-refractivity contribution is -0.135. The van der Waals surface area contributed by atoms with E-state index in [1.807, 2.05) is 18.2 Å². The van der Waals surface area contributed by atoms with Crippen LogP contribution in [0.4, 0.5) is 20.6 Å². The summed E-state index contributed by atoms with van der Waals surface area (Å²) >= 11 is 0. The summed E-state index contributed by atoms with van der Waals surface area (Å²) in [5.41, 5.74) is 4.71. The van der Waals surface area contributed by atoms with Crippen LogP contribution in [-0.4, -0.2) is 87.2 Å². The average molecular weight is 895 g/mol. The number of imide groups is 1. The van der Waals surface area contributed by atoms with Gasteiger partial charge >= 0.3 is 11.7 Å². The Kier molecular flexibility index (Phi) is 12.9. The van der Waals surface area contributed by atoms with Crippen molar-refractivity contribution in [2.45, 2.75) is 45.1 Å². The molecule has 2 fully saturated rings. The minimum Gasteiger partial charge on any atom is -0.355 e. The number of imidazole rings is 1. The molecule has 17 heteroatoms. The van der Waals surface area contributed by atoms with Gasteiger partial charge in [0.2, 0.25) is 11.8 Å². The fourth-order valence-electron chi connectivity index (χ4n) is 9.00.